The number of fused-ring (bicyclic) bond motifs is 4. The minimum atomic E-state index is -3.44. The second kappa shape index (κ2) is 30.0. The van der Waals surface area contributed by atoms with Crippen LogP contribution in [0.1, 0.15) is 148 Å². The molecule has 0 unspecified atom stereocenters. The van der Waals surface area contributed by atoms with Crippen LogP contribution >= 0.6 is 0 Å². The van der Waals surface area contributed by atoms with Crippen LogP contribution in [-0.2, 0) is 98.0 Å². The maximum atomic E-state index is 13.1. The van der Waals surface area contributed by atoms with E-state index in [2.05, 4.69) is 19.6 Å². The van der Waals surface area contributed by atoms with Gasteiger partial charge in [-0.3, -0.25) is 19.2 Å². The summed E-state index contributed by atoms with van der Waals surface area (Å²) in [5, 5.41) is -0.473. The first-order chi connectivity index (χ1) is 56.8. The van der Waals surface area contributed by atoms with E-state index in [4.69, 9.17) is 4.74 Å². The van der Waals surface area contributed by atoms with Crippen molar-refractivity contribution in [1.82, 2.24) is 18.3 Å². The van der Waals surface area contributed by atoms with Crippen LogP contribution in [0.3, 0.4) is 0 Å². The monoisotopic (exact) mass is 1680 g/mol. The van der Waals surface area contributed by atoms with Gasteiger partial charge in [-0.25, -0.2) is 33.7 Å². The number of sulfone groups is 4. The molecule has 21 rings (SSSR count). The fourth-order valence-electron chi connectivity index (χ4n) is 20.6. The van der Waals surface area contributed by atoms with Crippen molar-refractivity contribution in [1.29, 1.82) is 0 Å². The van der Waals surface area contributed by atoms with Gasteiger partial charge in [0.2, 0.25) is 0 Å². The standard InChI is InChI=1S/C25H30N2O3S.C24H26N2O4S.C23H26N2O3S.C22H24N2O3S/c1-3-4-13-31(29,30)18-9-10-23(27-16-25(17-27)11-6-12-25)21(14-18)22-15-26(2)24(28)20-8-5-7-19(20)22;1-25-11-21(18-4-2-5-19(18)23(25)27)20-10-16(31(28,29)17-12-30-13-17)6-7-22(20)26-14-24(15-26)8-3-9-24;1-3-29(27,28)16-8-9-21(25-14-23(15-25)10-5-11-23)19(12-16)20-13-24(2)22(26)18-7-4-6-17(18)20;1-23-12-19(16-5-3-6-17(16)21(23)25)18-11-15(28(2,26)27)7-8-20(18)24-13-22(14-24)9-4-10-22/h5,7,9-10,14-15H,3-4,6,8,11-13,16-17H2,1-2H3;2,4,6-7,10-11,17H,3,5,8-9,12-15H2,1H3;4,6,8-9,12-13H,3,5,7,10-11,14-15H2,1-2H3;3,5,7-8,11-12H,4,6,9-10,13-14H2,1-2H3. The van der Waals surface area contributed by atoms with Gasteiger partial charge in [-0.2, -0.15) is 0 Å². The fourth-order valence-corrected chi connectivity index (χ4v) is 25.1. The highest BCUT2D eigenvalue weighted by molar-refractivity contribution is 7.92. The van der Waals surface area contributed by atoms with E-state index >= 15 is 0 Å². The largest absolute Gasteiger partial charge is 0.379 e. The summed E-state index contributed by atoms with van der Waals surface area (Å²) in [7, 11) is -6.34. The second-order valence-corrected chi connectivity index (χ2v) is 45.1. The summed E-state index contributed by atoms with van der Waals surface area (Å²) in [4.78, 5) is 61.2. The van der Waals surface area contributed by atoms with Crippen molar-refractivity contribution in [3.05, 3.63) is 208 Å². The second-order valence-electron chi connectivity index (χ2n) is 36.4. The van der Waals surface area contributed by atoms with E-state index in [0.717, 1.165) is 171 Å². The normalized spacial score (nSPS) is 19.7. The Morgan fingerprint density at radius 2 is 0.647 bits per heavy atom. The summed E-state index contributed by atoms with van der Waals surface area (Å²) in [5.41, 5.74) is 20.4. The highest BCUT2D eigenvalue weighted by atomic mass is 32.2. The molecule has 9 heterocycles. The van der Waals surface area contributed by atoms with Crippen LogP contribution in [0.2, 0.25) is 0 Å². The van der Waals surface area contributed by atoms with Gasteiger partial charge in [0, 0.05) is 223 Å². The minimum Gasteiger partial charge on any atom is -0.379 e. The third-order valence-electron chi connectivity index (χ3n) is 28.4. The summed E-state index contributed by atoms with van der Waals surface area (Å²) >= 11 is 0. The van der Waals surface area contributed by atoms with Gasteiger partial charge in [-0.1, -0.05) is 94.6 Å². The highest BCUT2D eigenvalue weighted by Crippen LogP contribution is 2.56. The summed E-state index contributed by atoms with van der Waals surface area (Å²) in [6.07, 6.45) is 44.3. The van der Waals surface area contributed by atoms with Crippen molar-refractivity contribution >= 4 is 86.4 Å². The van der Waals surface area contributed by atoms with Crippen molar-refractivity contribution in [2.75, 3.05) is 103 Å². The molecule has 4 aromatic carbocycles. The van der Waals surface area contributed by atoms with E-state index < -0.39 is 44.6 Å². The van der Waals surface area contributed by atoms with Gasteiger partial charge in [0.15, 0.2) is 39.3 Å². The summed E-state index contributed by atoms with van der Waals surface area (Å²) in [6.45, 7) is 12.4. The van der Waals surface area contributed by atoms with Gasteiger partial charge in [-0.15, -0.1) is 0 Å². The van der Waals surface area contributed by atoms with Gasteiger partial charge >= 0.3 is 0 Å². The molecule has 119 heavy (non-hydrogen) atoms. The highest BCUT2D eigenvalue weighted by Gasteiger charge is 2.52. The molecular weight excluding hydrogens is 1580 g/mol. The van der Waals surface area contributed by atoms with Gasteiger partial charge in [0.05, 0.1) is 44.3 Å². The first-order valence-corrected chi connectivity index (χ1v) is 49.2. The number of ether oxygens (including phenoxy) is 1. The summed E-state index contributed by atoms with van der Waals surface area (Å²) in [6, 6.07) is 22.1. The lowest BCUT2D eigenvalue weighted by Gasteiger charge is -2.57. The van der Waals surface area contributed by atoms with Crippen molar-refractivity contribution in [3.8, 4) is 44.5 Å². The maximum absolute atomic E-state index is 13.1. The molecule has 5 aliphatic heterocycles. The topological polar surface area (TPSA) is 247 Å². The molecule has 4 saturated carbocycles. The third kappa shape index (κ3) is 14.2. The van der Waals surface area contributed by atoms with E-state index in [1.807, 2.05) is 123 Å². The number of hydrogen-bond acceptors (Lipinski definition) is 17. The molecule has 5 saturated heterocycles. The van der Waals surface area contributed by atoms with Crippen molar-refractivity contribution in [2.24, 2.45) is 49.9 Å². The number of pyridine rings is 4. The van der Waals surface area contributed by atoms with Crippen LogP contribution in [0.4, 0.5) is 22.7 Å². The van der Waals surface area contributed by atoms with Crippen LogP contribution in [-0.4, -0.2) is 141 Å². The van der Waals surface area contributed by atoms with Crippen LogP contribution in [0, 0.1) is 21.7 Å². The Morgan fingerprint density at radius 1 is 0.370 bits per heavy atom. The van der Waals surface area contributed by atoms with Crippen molar-refractivity contribution < 1.29 is 38.4 Å². The average molecular weight is 1680 g/mol. The maximum Gasteiger partial charge on any atom is 0.254 e. The molecule has 0 atom stereocenters. The van der Waals surface area contributed by atoms with E-state index in [0.29, 0.717) is 73.3 Å². The number of allylic oxidation sites excluding steroid dienone is 4. The predicted octanol–water partition coefficient (Wildman–Crippen LogP) is 13.4. The Kier molecular flexibility index (Phi) is 20.4. The molecule has 0 N–H and O–H groups in total. The first kappa shape index (κ1) is 80.6. The van der Waals surface area contributed by atoms with Crippen LogP contribution < -0.4 is 41.8 Å². The molecule has 624 valence electrons. The number of hydrogen-bond donors (Lipinski definition) is 0. The number of unbranched alkanes of at least 4 members (excludes halogenated alkanes) is 1. The Bertz CT molecular complexity index is 6430. The number of aromatic nitrogens is 4. The van der Waals surface area contributed by atoms with E-state index in [9.17, 15) is 52.8 Å². The van der Waals surface area contributed by atoms with Gasteiger partial charge in [0.25, 0.3) is 22.2 Å². The molecule has 21 nitrogen and oxygen atoms in total. The lowest BCUT2D eigenvalue weighted by molar-refractivity contribution is 0.0416. The van der Waals surface area contributed by atoms with Crippen molar-refractivity contribution in [3.63, 3.8) is 0 Å². The van der Waals surface area contributed by atoms with Gasteiger partial charge < -0.3 is 42.6 Å². The third-order valence-corrected chi connectivity index (χ3v) is 35.1. The lowest BCUT2D eigenvalue weighted by Crippen LogP contribution is -2.60. The summed E-state index contributed by atoms with van der Waals surface area (Å²) < 4.78 is 113. The molecule has 8 aliphatic carbocycles. The zero-order valence-electron chi connectivity index (χ0n) is 69.2. The molecule has 0 radical (unpaired) electrons. The Labute approximate surface area is 697 Å². The molecule has 25 heteroatoms. The SMILES string of the molecule is CCCCS(=O)(=O)c1ccc(N2CC3(CCC3)C2)c(-c2cn(C)c(=O)c3c2C=CC3)c1.CCS(=O)(=O)c1ccc(N2CC3(CCC3)C2)c(-c2cn(C)c(=O)c3c2C=CC3)c1.Cn1cc(-c2cc(S(=O)(=O)C3COC3)ccc2N2CC3(CCC3)C2)c2c(c1=O)CC=C2.Cn1cc(-c2cc(S(C)(=O)=O)ccc2N2CC3(CCC3)C2)c2c(c1=O)CC=C2. The van der Waals surface area contributed by atoms with Crippen molar-refractivity contribution in [2.45, 2.75) is 154 Å². The number of benzene rings is 4. The summed E-state index contributed by atoms with van der Waals surface area (Å²) in [5.74, 6) is 0.240. The molecule has 4 spiro atoms. The zero-order chi connectivity index (χ0) is 83.3. The van der Waals surface area contributed by atoms with E-state index in [-0.39, 0.29) is 47.0 Å². The molecule has 4 aromatic heterocycles. The zero-order valence-corrected chi connectivity index (χ0v) is 72.4. The fraction of sp³-hybridized carbons (Fsp3) is 0.447. The molecular formula is C94H106N8O13S4. The minimum absolute atomic E-state index is 0.0121. The smallest absolute Gasteiger partial charge is 0.254 e. The number of aryl methyl sites for hydroxylation is 4. The van der Waals surface area contributed by atoms with Gasteiger partial charge in [-0.05, 0) is 179 Å². The van der Waals surface area contributed by atoms with E-state index in [1.54, 1.807) is 83.7 Å². The van der Waals surface area contributed by atoms with Crippen LogP contribution in [0.15, 0.2) is 161 Å². The number of nitrogens with zero attached hydrogens (tertiary/aromatic N) is 8. The van der Waals surface area contributed by atoms with Crippen LogP contribution in [0.25, 0.3) is 68.8 Å². The Morgan fingerprint density at radius 3 is 0.908 bits per heavy atom. The quantitative estimate of drug-likeness (QED) is 0.0822. The Balaban J connectivity index is 0.000000109. The van der Waals surface area contributed by atoms with E-state index in [1.165, 1.54) is 83.3 Å². The molecule has 0 amide bonds. The average Bonchev–Trinajstić information content (AvgIpc) is 1.52. The molecule has 0 bridgehead atoms. The number of rotatable bonds is 17. The lowest BCUT2D eigenvalue weighted by atomic mass is 9.63. The number of anilines is 4. The first-order valence-electron chi connectivity index (χ1n) is 42.4. The van der Waals surface area contributed by atoms with Crippen LogP contribution in [0.5, 0.6) is 0 Å². The Hall–Kier alpha value is -9.40. The molecule has 13 aliphatic rings. The molecule has 9 fully saturated rings. The van der Waals surface area contributed by atoms with Gasteiger partial charge in [0.1, 0.15) is 5.25 Å². The molecule has 8 aromatic rings. The predicted molar refractivity (Wildman–Crippen MR) is 473 cm³/mol.